The molecule has 0 aromatic heterocycles. The molecular formula is C16H20Cl2N2O3. The number of hydrogen-bond donors (Lipinski definition) is 1. The van der Waals surface area contributed by atoms with Gasteiger partial charge in [-0.25, -0.2) is 0 Å². The van der Waals surface area contributed by atoms with E-state index in [4.69, 9.17) is 27.9 Å². The van der Waals surface area contributed by atoms with Crippen LogP contribution in [0.1, 0.15) is 23.2 Å². The Labute approximate surface area is 145 Å². The van der Waals surface area contributed by atoms with E-state index in [-0.39, 0.29) is 17.7 Å². The molecule has 1 aliphatic heterocycles. The normalized spacial score (nSPS) is 15.5. The molecule has 0 saturated carbocycles. The number of nitrogens with zero attached hydrogens (tertiary/aromatic N) is 1. The number of hydrogen-bond acceptors (Lipinski definition) is 3. The van der Waals surface area contributed by atoms with E-state index in [0.717, 1.165) is 0 Å². The van der Waals surface area contributed by atoms with Crippen molar-refractivity contribution < 1.29 is 14.3 Å². The van der Waals surface area contributed by atoms with Crippen molar-refractivity contribution in [1.82, 2.24) is 10.2 Å². The van der Waals surface area contributed by atoms with Crippen LogP contribution in [0.15, 0.2) is 18.2 Å². The van der Waals surface area contributed by atoms with Crippen molar-refractivity contribution in [1.29, 1.82) is 0 Å². The van der Waals surface area contributed by atoms with Crippen molar-refractivity contribution in [3.63, 3.8) is 0 Å². The molecule has 1 saturated heterocycles. The number of rotatable bonds is 5. The first-order chi connectivity index (χ1) is 11.0. The predicted molar refractivity (Wildman–Crippen MR) is 90.0 cm³/mol. The highest BCUT2D eigenvalue weighted by Gasteiger charge is 2.28. The lowest BCUT2D eigenvalue weighted by atomic mass is 9.95. The molecule has 0 bridgehead atoms. The molecule has 126 valence electrons. The molecule has 0 radical (unpaired) electrons. The van der Waals surface area contributed by atoms with Gasteiger partial charge in [0, 0.05) is 37.7 Å². The second-order valence-corrected chi connectivity index (χ2v) is 6.32. The van der Waals surface area contributed by atoms with E-state index in [1.807, 2.05) is 0 Å². The Morgan fingerprint density at radius 1 is 1.30 bits per heavy atom. The van der Waals surface area contributed by atoms with E-state index in [9.17, 15) is 9.59 Å². The Morgan fingerprint density at radius 3 is 2.61 bits per heavy atom. The third kappa shape index (κ3) is 4.83. The van der Waals surface area contributed by atoms with E-state index in [2.05, 4.69) is 5.32 Å². The van der Waals surface area contributed by atoms with Gasteiger partial charge in [-0.1, -0.05) is 23.2 Å². The summed E-state index contributed by atoms with van der Waals surface area (Å²) in [4.78, 5) is 26.2. The zero-order chi connectivity index (χ0) is 16.8. The van der Waals surface area contributed by atoms with E-state index < -0.39 is 0 Å². The van der Waals surface area contributed by atoms with Crippen molar-refractivity contribution >= 4 is 35.0 Å². The molecule has 0 atom stereocenters. The fraction of sp³-hybridized carbons (Fsp3) is 0.500. The molecule has 1 aromatic rings. The van der Waals surface area contributed by atoms with Gasteiger partial charge in [-0.15, -0.1) is 0 Å². The van der Waals surface area contributed by atoms with Crippen molar-refractivity contribution in [3.05, 3.63) is 33.8 Å². The quantitative estimate of drug-likeness (QED) is 0.823. The third-order valence-corrected chi connectivity index (χ3v) is 4.47. The summed E-state index contributed by atoms with van der Waals surface area (Å²) in [5.74, 6) is -0.153. The Morgan fingerprint density at radius 2 is 2.00 bits per heavy atom. The Kier molecular flexibility index (Phi) is 6.69. The largest absolute Gasteiger partial charge is 0.383 e. The van der Waals surface area contributed by atoms with Gasteiger partial charge in [-0.05, 0) is 31.0 Å². The van der Waals surface area contributed by atoms with Crippen LogP contribution in [0.5, 0.6) is 0 Å². The molecule has 2 amide bonds. The monoisotopic (exact) mass is 358 g/mol. The smallest absolute Gasteiger partial charge is 0.255 e. The Bertz CT molecular complexity index is 572. The van der Waals surface area contributed by atoms with Crippen LogP contribution in [0.4, 0.5) is 0 Å². The fourth-order valence-corrected chi connectivity index (χ4v) is 3.09. The number of piperidine rings is 1. The van der Waals surface area contributed by atoms with Gasteiger partial charge in [0.15, 0.2) is 0 Å². The fourth-order valence-electron chi connectivity index (χ4n) is 2.60. The van der Waals surface area contributed by atoms with Crippen LogP contribution in [0, 0.1) is 5.92 Å². The van der Waals surface area contributed by atoms with Gasteiger partial charge in [0.1, 0.15) is 0 Å². The van der Waals surface area contributed by atoms with Gasteiger partial charge in [-0.2, -0.15) is 0 Å². The predicted octanol–water partition coefficient (Wildman–Crippen LogP) is 2.61. The topological polar surface area (TPSA) is 58.6 Å². The van der Waals surface area contributed by atoms with E-state index in [1.165, 1.54) is 0 Å². The van der Waals surface area contributed by atoms with Crippen molar-refractivity contribution in [2.24, 2.45) is 5.92 Å². The summed E-state index contributed by atoms with van der Waals surface area (Å²) in [5, 5.41) is 3.69. The van der Waals surface area contributed by atoms with Crippen molar-refractivity contribution in [2.45, 2.75) is 12.8 Å². The number of methoxy groups -OCH3 is 1. The van der Waals surface area contributed by atoms with Crippen LogP contribution in [-0.2, 0) is 9.53 Å². The average Bonchev–Trinajstić information content (AvgIpc) is 2.54. The van der Waals surface area contributed by atoms with Gasteiger partial charge in [0.05, 0.1) is 17.2 Å². The minimum atomic E-state index is -0.120. The number of nitrogens with one attached hydrogen (secondary N) is 1. The lowest BCUT2D eigenvalue weighted by Gasteiger charge is -2.31. The molecule has 7 heteroatoms. The molecular weight excluding hydrogens is 339 g/mol. The first-order valence-electron chi connectivity index (χ1n) is 7.54. The zero-order valence-corrected chi connectivity index (χ0v) is 14.5. The second kappa shape index (κ2) is 8.52. The van der Waals surface area contributed by atoms with Crippen LogP contribution < -0.4 is 5.32 Å². The molecule has 5 nitrogen and oxygen atoms in total. The van der Waals surface area contributed by atoms with Gasteiger partial charge in [0.25, 0.3) is 5.91 Å². The highest BCUT2D eigenvalue weighted by atomic mass is 35.5. The number of carbonyl (C=O) groups excluding carboxylic acids is 2. The molecule has 0 aliphatic carbocycles. The first kappa shape index (κ1) is 18.0. The van der Waals surface area contributed by atoms with Gasteiger partial charge < -0.3 is 15.0 Å². The van der Waals surface area contributed by atoms with Gasteiger partial charge in [0.2, 0.25) is 5.91 Å². The van der Waals surface area contributed by atoms with Crippen molar-refractivity contribution in [2.75, 3.05) is 33.4 Å². The summed E-state index contributed by atoms with van der Waals surface area (Å²) in [6.07, 6.45) is 1.30. The lowest BCUT2D eigenvalue weighted by molar-refractivity contribution is -0.126. The molecule has 1 aromatic carbocycles. The third-order valence-electron chi connectivity index (χ3n) is 3.92. The Hall–Kier alpha value is -1.30. The molecule has 1 aliphatic rings. The number of benzene rings is 1. The maximum atomic E-state index is 12.5. The maximum Gasteiger partial charge on any atom is 0.255 e. The molecule has 2 rings (SSSR count). The van der Waals surface area contributed by atoms with Crippen LogP contribution in [0.2, 0.25) is 10.0 Å². The van der Waals surface area contributed by atoms with Crippen LogP contribution in [0.25, 0.3) is 0 Å². The molecule has 1 heterocycles. The second-order valence-electron chi connectivity index (χ2n) is 5.47. The lowest BCUT2D eigenvalue weighted by Crippen LogP contribution is -2.43. The SMILES string of the molecule is COCCNC(=O)C1CCN(C(=O)c2ccc(Cl)cc2Cl)CC1. The summed E-state index contributed by atoms with van der Waals surface area (Å²) < 4.78 is 4.91. The summed E-state index contributed by atoms with van der Waals surface area (Å²) in [6, 6.07) is 4.85. The summed E-state index contributed by atoms with van der Waals surface area (Å²) in [6.45, 7) is 2.09. The molecule has 23 heavy (non-hydrogen) atoms. The van der Waals surface area contributed by atoms with Crippen LogP contribution >= 0.6 is 23.2 Å². The van der Waals surface area contributed by atoms with Crippen LogP contribution in [-0.4, -0.2) is 50.1 Å². The van der Waals surface area contributed by atoms with E-state index >= 15 is 0 Å². The maximum absolute atomic E-state index is 12.5. The minimum Gasteiger partial charge on any atom is -0.383 e. The molecule has 0 spiro atoms. The average molecular weight is 359 g/mol. The molecule has 1 N–H and O–H groups in total. The number of ether oxygens (including phenoxy) is 1. The van der Waals surface area contributed by atoms with Gasteiger partial charge >= 0.3 is 0 Å². The highest BCUT2D eigenvalue weighted by Crippen LogP contribution is 2.25. The highest BCUT2D eigenvalue weighted by molar-refractivity contribution is 6.36. The first-order valence-corrected chi connectivity index (χ1v) is 8.29. The Balaban J connectivity index is 1.88. The number of halogens is 2. The summed E-state index contributed by atoms with van der Waals surface area (Å²) in [5.41, 5.74) is 0.444. The van der Waals surface area contributed by atoms with Gasteiger partial charge in [-0.3, -0.25) is 9.59 Å². The summed E-state index contributed by atoms with van der Waals surface area (Å²) >= 11 is 11.9. The standard InChI is InChI=1S/C16H20Cl2N2O3/c1-23-9-6-19-15(21)11-4-7-20(8-5-11)16(22)13-3-2-12(17)10-14(13)18/h2-3,10-11H,4-9H2,1H3,(H,19,21). The summed E-state index contributed by atoms with van der Waals surface area (Å²) in [7, 11) is 1.60. The number of carbonyl (C=O) groups is 2. The molecule has 1 fully saturated rings. The molecule has 0 unspecified atom stereocenters. The van der Waals surface area contributed by atoms with Crippen molar-refractivity contribution in [3.8, 4) is 0 Å². The zero-order valence-electron chi connectivity index (χ0n) is 13.0. The van der Waals surface area contributed by atoms with E-state index in [1.54, 1.807) is 30.2 Å². The number of likely N-dealkylation sites (tertiary alicyclic amines) is 1. The van der Waals surface area contributed by atoms with E-state index in [0.29, 0.717) is 54.7 Å². The minimum absolute atomic E-state index is 0.0266. The number of amides is 2. The van der Waals surface area contributed by atoms with Crippen LogP contribution in [0.3, 0.4) is 0 Å².